The Balaban J connectivity index is 1.81. The molecule has 1 heterocycles. The number of ether oxygens (including phenoxy) is 2. The van der Waals surface area contributed by atoms with E-state index in [2.05, 4.69) is 29.7 Å². The summed E-state index contributed by atoms with van der Waals surface area (Å²) in [5, 5.41) is 14.5. The number of rotatable bonds is 10. The number of morpholine rings is 1. The monoisotopic (exact) mass is 402 g/mol. The first-order valence-corrected chi connectivity index (χ1v) is 10.6. The molecule has 1 aliphatic carbocycles. The molecular formula is C22H34N4O3. The van der Waals surface area contributed by atoms with Crippen LogP contribution >= 0.6 is 0 Å². The molecule has 160 valence electrons. The van der Waals surface area contributed by atoms with Crippen molar-refractivity contribution in [2.24, 2.45) is 0 Å². The van der Waals surface area contributed by atoms with Gasteiger partial charge < -0.3 is 30.4 Å². The van der Waals surface area contributed by atoms with E-state index in [0.717, 1.165) is 54.7 Å². The predicted molar refractivity (Wildman–Crippen MR) is 115 cm³/mol. The van der Waals surface area contributed by atoms with Crippen LogP contribution in [0.3, 0.4) is 0 Å². The standard InChI is InChI=1S/C22H34N4O3/c1-15-11-17(12-20(19(15)13-23)25-7-4-9-28-3)16(2)26(18-5-6-18)22(27)21-14-24-8-10-29-21/h11-13,16,18,21,23-25H,4-10,14H2,1-3H3/t16-,21-/m1/s1. The van der Waals surface area contributed by atoms with Gasteiger partial charge in [0.25, 0.3) is 5.91 Å². The molecule has 7 heteroatoms. The van der Waals surface area contributed by atoms with E-state index in [1.165, 1.54) is 6.21 Å². The van der Waals surface area contributed by atoms with E-state index < -0.39 is 6.10 Å². The van der Waals surface area contributed by atoms with E-state index in [1.54, 1.807) is 7.11 Å². The number of hydrogen-bond acceptors (Lipinski definition) is 6. The van der Waals surface area contributed by atoms with E-state index in [9.17, 15) is 4.79 Å². The largest absolute Gasteiger partial charge is 0.385 e. The third-order valence-electron chi connectivity index (χ3n) is 5.69. The molecule has 2 fully saturated rings. The minimum Gasteiger partial charge on any atom is -0.385 e. The molecule has 0 aromatic heterocycles. The molecule has 3 rings (SSSR count). The number of anilines is 1. The maximum absolute atomic E-state index is 13.2. The smallest absolute Gasteiger partial charge is 0.253 e. The lowest BCUT2D eigenvalue weighted by Gasteiger charge is -2.34. The van der Waals surface area contributed by atoms with Crippen LogP contribution in [0, 0.1) is 12.3 Å². The number of nitrogens with one attached hydrogen (secondary N) is 3. The Morgan fingerprint density at radius 1 is 1.48 bits per heavy atom. The summed E-state index contributed by atoms with van der Waals surface area (Å²) in [7, 11) is 1.70. The molecule has 0 bridgehead atoms. The van der Waals surface area contributed by atoms with Crippen molar-refractivity contribution >= 4 is 17.8 Å². The minimum absolute atomic E-state index is 0.0430. The van der Waals surface area contributed by atoms with Crippen LogP contribution in [-0.2, 0) is 14.3 Å². The number of methoxy groups -OCH3 is 1. The molecule has 7 nitrogen and oxygen atoms in total. The molecule has 2 aliphatic rings. The first-order valence-electron chi connectivity index (χ1n) is 10.6. The van der Waals surface area contributed by atoms with Gasteiger partial charge in [0.05, 0.1) is 12.6 Å². The molecule has 0 radical (unpaired) electrons. The summed E-state index contributed by atoms with van der Waals surface area (Å²) in [5.74, 6) is 0.0792. The fourth-order valence-electron chi connectivity index (χ4n) is 3.94. The lowest BCUT2D eigenvalue weighted by Crippen LogP contribution is -2.50. The lowest BCUT2D eigenvalue weighted by atomic mass is 9.98. The number of carbonyl (C=O) groups is 1. The van der Waals surface area contributed by atoms with Gasteiger partial charge in [0.1, 0.15) is 6.10 Å². The number of hydrogen-bond donors (Lipinski definition) is 3. The SMILES string of the molecule is COCCCNc1cc([C@@H](C)N(C(=O)[C@H]2CNCCO2)C2CC2)cc(C)c1C=N. The Morgan fingerprint density at radius 2 is 2.28 bits per heavy atom. The van der Waals surface area contributed by atoms with Crippen molar-refractivity contribution in [2.45, 2.75) is 51.3 Å². The summed E-state index contributed by atoms with van der Waals surface area (Å²) < 4.78 is 10.9. The first kappa shape index (κ1) is 21.7. The molecular weight excluding hydrogens is 368 g/mol. The van der Waals surface area contributed by atoms with Crippen molar-refractivity contribution < 1.29 is 14.3 Å². The number of amides is 1. The number of benzene rings is 1. The van der Waals surface area contributed by atoms with E-state index >= 15 is 0 Å². The highest BCUT2D eigenvalue weighted by molar-refractivity contribution is 5.88. The Labute approximate surface area is 173 Å². The Kier molecular flexibility index (Phi) is 7.64. The molecule has 2 atom stereocenters. The van der Waals surface area contributed by atoms with Crippen LogP contribution in [0.15, 0.2) is 12.1 Å². The van der Waals surface area contributed by atoms with Crippen molar-refractivity contribution in [3.05, 3.63) is 28.8 Å². The minimum atomic E-state index is -0.402. The number of nitrogens with zero attached hydrogens (tertiary/aromatic N) is 1. The molecule has 1 amide bonds. The van der Waals surface area contributed by atoms with Gasteiger partial charge in [0, 0.05) is 56.9 Å². The maximum Gasteiger partial charge on any atom is 0.253 e. The number of carbonyl (C=O) groups excluding carboxylic acids is 1. The van der Waals surface area contributed by atoms with Gasteiger partial charge in [-0.1, -0.05) is 6.07 Å². The van der Waals surface area contributed by atoms with Crippen LogP contribution in [-0.4, -0.2) is 69.1 Å². The van der Waals surface area contributed by atoms with Crippen molar-refractivity contribution in [1.82, 2.24) is 10.2 Å². The van der Waals surface area contributed by atoms with E-state index in [0.29, 0.717) is 25.8 Å². The maximum atomic E-state index is 13.2. The van der Waals surface area contributed by atoms with E-state index in [-0.39, 0.29) is 11.9 Å². The highest BCUT2D eigenvalue weighted by Crippen LogP contribution is 2.37. The molecule has 1 saturated heterocycles. The summed E-state index contributed by atoms with van der Waals surface area (Å²) in [4.78, 5) is 15.2. The van der Waals surface area contributed by atoms with Crippen LogP contribution in [0.2, 0.25) is 0 Å². The Morgan fingerprint density at radius 3 is 2.90 bits per heavy atom. The van der Waals surface area contributed by atoms with Crippen LogP contribution in [0.4, 0.5) is 5.69 Å². The lowest BCUT2D eigenvalue weighted by molar-refractivity contribution is -0.148. The van der Waals surface area contributed by atoms with E-state index in [4.69, 9.17) is 14.9 Å². The predicted octanol–water partition coefficient (Wildman–Crippen LogP) is 2.48. The molecule has 3 N–H and O–H groups in total. The molecule has 0 spiro atoms. The summed E-state index contributed by atoms with van der Waals surface area (Å²) >= 11 is 0. The van der Waals surface area contributed by atoms with Crippen molar-refractivity contribution in [3.8, 4) is 0 Å². The van der Waals surface area contributed by atoms with Gasteiger partial charge in [-0.2, -0.15) is 0 Å². The fraction of sp³-hybridized carbons (Fsp3) is 0.636. The average molecular weight is 403 g/mol. The van der Waals surface area contributed by atoms with Crippen LogP contribution in [0.1, 0.15) is 48.9 Å². The highest BCUT2D eigenvalue weighted by atomic mass is 16.5. The quantitative estimate of drug-likeness (QED) is 0.413. The van der Waals surface area contributed by atoms with Crippen LogP contribution in [0.5, 0.6) is 0 Å². The van der Waals surface area contributed by atoms with Gasteiger partial charge in [-0.25, -0.2) is 0 Å². The second-order valence-corrected chi connectivity index (χ2v) is 7.93. The molecule has 1 aromatic rings. The Hall–Kier alpha value is -1.96. The first-order chi connectivity index (χ1) is 14.1. The normalized spacial score (nSPS) is 20.2. The zero-order valence-electron chi connectivity index (χ0n) is 17.8. The highest BCUT2D eigenvalue weighted by Gasteiger charge is 2.40. The van der Waals surface area contributed by atoms with Gasteiger partial charge in [-0.15, -0.1) is 0 Å². The van der Waals surface area contributed by atoms with Crippen molar-refractivity contribution in [3.63, 3.8) is 0 Å². The molecule has 29 heavy (non-hydrogen) atoms. The number of aryl methyl sites for hydroxylation is 1. The van der Waals surface area contributed by atoms with Crippen LogP contribution in [0.25, 0.3) is 0 Å². The zero-order valence-corrected chi connectivity index (χ0v) is 17.8. The molecule has 1 aliphatic heterocycles. The molecule has 1 saturated carbocycles. The van der Waals surface area contributed by atoms with Crippen molar-refractivity contribution in [2.75, 3.05) is 45.3 Å². The summed E-state index contributed by atoms with van der Waals surface area (Å²) in [5.41, 5.74) is 3.96. The van der Waals surface area contributed by atoms with Gasteiger partial charge in [-0.05, 0) is 50.3 Å². The van der Waals surface area contributed by atoms with Crippen LogP contribution < -0.4 is 10.6 Å². The molecule has 0 unspecified atom stereocenters. The van der Waals surface area contributed by atoms with E-state index in [1.807, 2.05) is 11.8 Å². The summed E-state index contributed by atoms with van der Waals surface area (Å²) in [6, 6.07) is 4.45. The van der Waals surface area contributed by atoms with Gasteiger partial charge in [0.15, 0.2) is 0 Å². The van der Waals surface area contributed by atoms with Gasteiger partial charge in [0.2, 0.25) is 0 Å². The fourth-order valence-corrected chi connectivity index (χ4v) is 3.94. The second kappa shape index (κ2) is 10.2. The molecule has 1 aromatic carbocycles. The topological polar surface area (TPSA) is 86.7 Å². The third-order valence-corrected chi connectivity index (χ3v) is 5.69. The van der Waals surface area contributed by atoms with Gasteiger partial charge in [-0.3, -0.25) is 4.79 Å². The summed E-state index contributed by atoms with van der Waals surface area (Å²) in [6.07, 6.45) is 3.99. The third kappa shape index (κ3) is 5.35. The zero-order chi connectivity index (χ0) is 20.8. The average Bonchev–Trinajstić information content (AvgIpc) is 3.56. The van der Waals surface area contributed by atoms with Gasteiger partial charge >= 0.3 is 0 Å². The summed E-state index contributed by atoms with van der Waals surface area (Å²) in [6.45, 7) is 7.54. The Bertz CT molecular complexity index is 714. The second-order valence-electron chi connectivity index (χ2n) is 7.93. The van der Waals surface area contributed by atoms with Crippen molar-refractivity contribution in [1.29, 1.82) is 5.41 Å².